The zero-order chi connectivity index (χ0) is 18.8. The van der Waals surface area contributed by atoms with Gasteiger partial charge in [-0.3, -0.25) is 0 Å². The molecule has 1 aromatic carbocycles. The van der Waals surface area contributed by atoms with Gasteiger partial charge in [-0.2, -0.15) is 0 Å². The monoisotopic (exact) mass is 348 g/mol. The number of hydrogen-bond donors (Lipinski definition) is 0. The van der Waals surface area contributed by atoms with Crippen LogP contribution in [0.5, 0.6) is 0 Å². The summed E-state index contributed by atoms with van der Waals surface area (Å²) < 4.78 is 0. The molecule has 0 fully saturated rings. The molecule has 0 N–H and O–H groups in total. The minimum atomic E-state index is 1.11. The molecule has 140 valence electrons. The Kier molecular flexibility index (Phi) is 8.68. The number of aryl methyl sites for hydroxylation is 2. The van der Waals surface area contributed by atoms with Gasteiger partial charge in [0.05, 0.1) is 0 Å². The summed E-state index contributed by atoms with van der Waals surface area (Å²) in [7, 11) is 0. The van der Waals surface area contributed by atoms with E-state index in [2.05, 4.69) is 63.4 Å². The highest BCUT2D eigenvalue weighted by Gasteiger charge is 2.08. The van der Waals surface area contributed by atoms with Crippen molar-refractivity contribution in [1.29, 1.82) is 0 Å². The maximum atomic E-state index is 4.32. The fraction of sp³-hybridized carbons (Fsp3) is 0.462. The van der Waals surface area contributed by atoms with Crippen LogP contribution in [0.15, 0.2) is 71.9 Å². The molecule has 2 rings (SSSR count). The lowest BCUT2D eigenvalue weighted by Crippen LogP contribution is -1.96. The molecular weight excluding hydrogens is 312 g/mol. The third-order valence-corrected chi connectivity index (χ3v) is 5.60. The van der Waals surface area contributed by atoms with Gasteiger partial charge >= 0.3 is 0 Å². The van der Waals surface area contributed by atoms with Crippen molar-refractivity contribution in [3.8, 4) is 0 Å². The number of rotatable bonds is 11. The van der Waals surface area contributed by atoms with Crippen molar-refractivity contribution in [2.45, 2.75) is 78.1 Å². The van der Waals surface area contributed by atoms with Crippen LogP contribution in [0.3, 0.4) is 0 Å². The molecule has 0 aromatic heterocycles. The highest BCUT2D eigenvalue weighted by Crippen LogP contribution is 2.27. The minimum Gasteiger partial charge on any atom is -0.0999 e. The van der Waals surface area contributed by atoms with E-state index in [0.29, 0.717) is 0 Å². The van der Waals surface area contributed by atoms with Gasteiger partial charge < -0.3 is 0 Å². The van der Waals surface area contributed by atoms with Crippen LogP contribution in [-0.4, -0.2) is 0 Å². The van der Waals surface area contributed by atoms with E-state index >= 15 is 0 Å². The fourth-order valence-corrected chi connectivity index (χ4v) is 3.53. The van der Waals surface area contributed by atoms with Crippen LogP contribution in [0, 0.1) is 0 Å². The first kappa shape index (κ1) is 20.5. The molecule has 0 heteroatoms. The van der Waals surface area contributed by atoms with Crippen molar-refractivity contribution >= 4 is 0 Å². The molecule has 0 heterocycles. The summed E-state index contributed by atoms with van der Waals surface area (Å²) in [6, 6.07) is 9.05. The van der Waals surface area contributed by atoms with Gasteiger partial charge in [0.1, 0.15) is 0 Å². The molecule has 0 bridgehead atoms. The second-order valence-electron chi connectivity index (χ2n) is 7.60. The first-order valence-corrected chi connectivity index (χ1v) is 10.4. The zero-order valence-electron chi connectivity index (χ0n) is 16.9. The minimum absolute atomic E-state index is 1.11. The summed E-state index contributed by atoms with van der Waals surface area (Å²) in [4.78, 5) is 0. The molecule has 0 aliphatic heterocycles. The lowest BCUT2D eigenvalue weighted by Gasteiger charge is -2.16. The van der Waals surface area contributed by atoms with Crippen LogP contribution in [0.2, 0.25) is 0 Å². The van der Waals surface area contributed by atoms with Gasteiger partial charge in [-0.1, -0.05) is 80.1 Å². The smallest absolute Gasteiger partial charge is 0.0239 e. The van der Waals surface area contributed by atoms with Crippen molar-refractivity contribution in [3.63, 3.8) is 0 Å². The predicted octanol–water partition coefficient (Wildman–Crippen LogP) is 7.91. The Hall–Kier alpha value is -1.82. The average Bonchev–Trinajstić information content (AvgIpc) is 2.70. The normalized spacial score (nSPS) is 13.9. The maximum absolute atomic E-state index is 4.32. The van der Waals surface area contributed by atoms with Crippen LogP contribution >= 0.6 is 0 Å². The van der Waals surface area contributed by atoms with E-state index in [1.165, 1.54) is 60.0 Å². The van der Waals surface area contributed by atoms with Gasteiger partial charge in [-0.25, -0.2) is 0 Å². The van der Waals surface area contributed by atoms with E-state index in [9.17, 15) is 0 Å². The molecule has 0 radical (unpaired) electrons. The first-order valence-electron chi connectivity index (χ1n) is 10.4. The van der Waals surface area contributed by atoms with Crippen molar-refractivity contribution < 1.29 is 0 Å². The molecule has 0 unspecified atom stereocenters. The summed E-state index contributed by atoms with van der Waals surface area (Å²) in [5, 5.41) is 0. The summed E-state index contributed by atoms with van der Waals surface area (Å²) in [6.07, 6.45) is 16.3. The molecular formula is C26H36. The van der Waals surface area contributed by atoms with Crippen LogP contribution in [0.25, 0.3) is 0 Å². The molecule has 1 aromatic rings. The van der Waals surface area contributed by atoms with Gasteiger partial charge in [0.2, 0.25) is 0 Å². The molecule has 0 nitrogen and oxygen atoms in total. The van der Waals surface area contributed by atoms with Gasteiger partial charge in [0.25, 0.3) is 0 Å². The molecule has 0 spiro atoms. The molecule has 0 saturated heterocycles. The van der Waals surface area contributed by atoms with E-state index in [0.717, 1.165) is 32.1 Å². The standard InChI is InChI=1S/C26H36/c1-5-23-13-15-25(16-14-23)12-11-21(3)9-7-8-10-22(4)26-19-17-24(6-2)18-20-26/h13-17,19H,3-12,18,20H2,1-2H3. The topological polar surface area (TPSA) is 0 Å². The van der Waals surface area contributed by atoms with Crippen LogP contribution in [-0.2, 0) is 12.8 Å². The van der Waals surface area contributed by atoms with Crippen molar-refractivity contribution in [1.82, 2.24) is 0 Å². The van der Waals surface area contributed by atoms with Crippen LogP contribution in [0.4, 0.5) is 0 Å². The Balaban J connectivity index is 1.61. The summed E-state index contributed by atoms with van der Waals surface area (Å²) in [5.74, 6) is 0. The lowest BCUT2D eigenvalue weighted by molar-refractivity contribution is 0.703. The summed E-state index contributed by atoms with van der Waals surface area (Å²) in [6.45, 7) is 13.0. The average molecular weight is 349 g/mol. The Bertz CT molecular complexity index is 652. The number of allylic oxidation sites excluding steroid dienone is 6. The Morgan fingerprint density at radius 1 is 0.808 bits per heavy atom. The van der Waals surface area contributed by atoms with Crippen molar-refractivity contribution in [3.05, 3.63) is 83.0 Å². The van der Waals surface area contributed by atoms with E-state index < -0.39 is 0 Å². The van der Waals surface area contributed by atoms with E-state index in [1.807, 2.05) is 0 Å². The van der Waals surface area contributed by atoms with Gasteiger partial charge in [-0.05, 0) is 80.9 Å². The maximum Gasteiger partial charge on any atom is -0.0239 e. The molecule has 26 heavy (non-hydrogen) atoms. The summed E-state index contributed by atoms with van der Waals surface area (Å²) in [5.41, 5.74) is 8.63. The van der Waals surface area contributed by atoms with Gasteiger partial charge in [0, 0.05) is 0 Å². The van der Waals surface area contributed by atoms with Crippen molar-refractivity contribution in [2.75, 3.05) is 0 Å². The number of unbranched alkanes of at least 4 members (excludes halogenated alkanes) is 1. The quantitative estimate of drug-likeness (QED) is 0.281. The molecule has 0 saturated carbocycles. The van der Waals surface area contributed by atoms with Crippen LogP contribution < -0.4 is 0 Å². The largest absolute Gasteiger partial charge is 0.0999 e. The van der Waals surface area contributed by atoms with Crippen LogP contribution in [0.1, 0.15) is 76.3 Å². The van der Waals surface area contributed by atoms with Gasteiger partial charge in [0.15, 0.2) is 0 Å². The predicted molar refractivity (Wildman–Crippen MR) is 117 cm³/mol. The van der Waals surface area contributed by atoms with E-state index in [1.54, 1.807) is 5.57 Å². The molecule has 1 aliphatic rings. The summed E-state index contributed by atoms with van der Waals surface area (Å²) >= 11 is 0. The Labute approximate surface area is 161 Å². The highest BCUT2D eigenvalue weighted by atomic mass is 14.1. The van der Waals surface area contributed by atoms with E-state index in [4.69, 9.17) is 0 Å². The third kappa shape index (κ3) is 6.83. The van der Waals surface area contributed by atoms with Crippen molar-refractivity contribution in [2.24, 2.45) is 0 Å². The van der Waals surface area contributed by atoms with E-state index in [-0.39, 0.29) is 0 Å². The fourth-order valence-electron chi connectivity index (χ4n) is 3.53. The second-order valence-corrected chi connectivity index (χ2v) is 7.60. The Morgan fingerprint density at radius 3 is 2.12 bits per heavy atom. The molecule has 0 atom stereocenters. The first-order chi connectivity index (χ1) is 12.6. The number of hydrogen-bond acceptors (Lipinski definition) is 0. The lowest BCUT2D eigenvalue weighted by atomic mass is 9.90. The Morgan fingerprint density at radius 2 is 1.50 bits per heavy atom. The second kappa shape index (κ2) is 11.0. The SMILES string of the molecule is C=C(CCCCC(=C)C1=CC=C(CC)CC1)CCc1ccc(CC)cc1. The highest BCUT2D eigenvalue weighted by molar-refractivity contribution is 5.36. The molecule has 0 amide bonds. The molecule has 1 aliphatic carbocycles. The number of benzene rings is 1. The zero-order valence-corrected chi connectivity index (χ0v) is 16.9. The third-order valence-electron chi connectivity index (χ3n) is 5.60. The van der Waals surface area contributed by atoms with Gasteiger partial charge in [-0.15, -0.1) is 0 Å².